The van der Waals surface area contributed by atoms with Crippen molar-refractivity contribution in [2.45, 2.75) is 53.4 Å². The van der Waals surface area contributed by atoms with Crippen LogP contribution in [-0.4, -0.2) is 0 Å². The molecule has 0 nitrogen and oxygen atoms in total. The molecule has 0 aromatic rings. The van der Waals surface area contributed by atoms with E-state index in [0.29, 0.717) is 0 Å². The van der Waals surface area contributed by atoms with Crippen LogP contribution in [0, 0.1) is 35.5 Å². The van der Waals surface area contributed by atoms with E-state index in [2.05, 4.69) is 27.7 Å². The van der Waals surface area contributed by atoms with Gasteiger partial charge in [0.05, 0.1) is 0 Å². The van der Waals surface area contributed by atoms with Crippen LogP contribution in [0.4, 0.5) is 0 Å². The summed E-state index contributed by atoms with van der Waals surface area (Å²) in [5, 5.41) is 0. The van der Waals surface area contributed by atoms with Crippen molar-refractivity contribution in [1.29, 1.82) is 0 Å². The summed E-state index contributed by atoms with van der Waals surface area (Å²) in [6, 6.07) is 0. The van der Waals surface area contributed by atoms with Crippen LogP contribution in [0.2, 0.25) is 0 Å². The lowest BCUT2D eigenvalue weighted by atomic mass is 9.94. The van der Waals surface area contributed by atoms with Crippen LogP contribution in [0.3, 0.4) is 0 Å². The first-order valence-electron chi connectivity index (χ1n) is 6.63. The second kappa shape index (κ2) is 3.87. The van der Waals surface area contributed by atoms with E-state index in [9.17, 15) is 0 Å². The summed E-state index contributed by atoms with van der Waals surface area (Å²) in [7, 11) is 0. The highest BCUT2D eigenvalue weighted by Crippen LogP contribution is 2.56. The van der Waals surface area contributed by atoms with Gasteiger partial charge < -0.3 is 0 Å². The lowest BCUT2D eigenvalue weighted by Gasteiger charge is -2.12. The maximum absolute atomic E-state index is 2.51. The molecule has 0 aromatic heterocycles. The number of rotatable bonds is 5. The quantitative estimate of drug-likeness (QED) is 0.610. The molecule has 14 heavy (non-hydrogen) atoms. The first-order chi connectivity index (χ1) is 6.63. The molecule has 2 aliphatic rings. The average Bonchev–Trinajstić information content (AvgIpc) is 3.02. The van der Waals surface area contributed by atoms with Gasteiger partial charge in [0.2, 0.25) is 0 Å². The smallest absolute Gasteiger partial charge is 0.0354 e. The minimum absolute atomic E-state index is 0.967. The van der Waals surface area contributed by atoms with Gasteiger partial charge in [-0.3, -0.25) is 0 Å². The zero-order valence-corrected chi connectivity index (χ0v) is 10.3. The van der Waals surface area contributed by atoms with E-state index in [1.807, 2.05) is 0 Å². The summed E-state index contributed by atoms with van der Waals surface area (Å²) < 4.78 is 0. The first-order valence-corrected chi connectivity index (χ1v) is 6.63. The van der Waals surface area contributed by atoms with E-state index in [-0.39, 0.29) is 0 Å². The molecular weight excluding hydrogens is 168 g/mol. The topological polar surface area (TPSA) is 0 Å². The Hall–Kier alpha value is 0. The minimum atomic E-state index is 0.967. The Kier molecular flexibility index (Phi) is 2.91. The molecule has 0 saturated heterocycles. The first kappa shape index (κ1) is 10.5. The predicted octanol–water partition coefficient (Wildman–Crippen LogP) is 4.35. The average molecular weight is 194 g/mol. The van der Waals surface area contributed by atoms with Gasteiger partial charge in [0.1, 0.15) is 0 Å². The fourth-order valence-electron chi connectivity index (χ4n) is 3.27. The molecule has 2 fully saturated rings. The molecule has 0 N–H and O–H groups in total. The van der Waals surface area contributed by atoms with E-state index < -0.39 is 0 Å². The second-order valence-electron chi connectivity index (χ2n) is 6.14. The molecule has 0 aliphatic heterocycles. The van der Waals surface area contributed by atoms with E-state index in [1.165, 1.54) is 19.3 Å². The van der Waals surface area contributed by atoms with Crippen molar-refractivity contribution in [2.75, 3.05) is 0 Å². The Morgan fingerprint density at radius 2 is 1.79 bits per heavy atom. The Morgan fingerprint density at radius 3 is 2.29 bits per heavy atom. The second-order valence-corrected chi connectivity index (χ2v) is 6.14. The molecule has 2 rings (SSSR count). The third kappa shape index (κ3) is 2.15. The van der Waals surface area contributed by atoms with Crippen molar-refractivity contribution in [1.82, 2.24) is 0 Å². The van der Waals surface area contributed by atoms with Crippen molar-refractivity contribution in [3.05, 3.63) is 0 Å². The largest absolute Gasteiger partial charge is 0.0651 e. The molecule has 0 amide bonds. The van der Waals surface area contributed by atoms with Crippen LogP contribution in [0.1, 0.15) is 53.4 Å². The fourth-order valence-corrected chi connectivity index (χ4v) is 3.27. The molecule has 0 spiro atoms. The minimum Gasteiger partial charge on any atom is -0.0651 e. The summed E-state index contributed by atoms with van der Waals surface area (Å²) in [5.74, 6) is 6.37. The lowest BCUT2D eigenvalue weighted by Crippen LogP contribution is -2.04. The van der Waals surface area contributed by atoms with Gasteiger partial charge in [-0.25, -0.2) is 0 Å². The molecule has 0 aromatic carbocycles. The predicted molar refractivity (Wildman–Crippen MR) is 62.1 cm³/mol. The molecule has 2 aliphatic carbocycles. The van der Waals surface area contributed by atoms with Crippen LogP contribution in [-0.2, 0) is 0 Å². The highest BCUT2D eigenvalue weighted by Gasteiger charge is 2.48. The number of hydrogen-bond acceptors (Lipinski definition) is 0. The fraction of sp³-hybridized carbons (Fsp3) is 1.00. The van der Waals surface area contributed by atoms with E-state index >= 15 is 0 Å². The van der Waals surface area contributed by atoms with Crippen LogP contribution >= 0.6 is 0 Å². The zero-order valence-electron chi connectivity index (χ0n) is 10.3. The standard InChI is InChI=1S/C14H26/c1-5-9(2)6-12-8-14(12)11(4)13-7-10(13)3/h9-14H,5-8H2,1-4H3. The normalized spacial score (nSPS) is 44.6. The van der Waals surface area contributed by atoms with E-state index in [4.69, 9.17) is 0 Å². The number of hydrogen-bond donors (Lipinski definition) is 0. The van der Waals surface area contributed by atoms with Gasteiger partial charge in [-0.1, -0.05) is 34.1 Å². The summed E-state index contributed by atoms with van der Waals surface area (Å²) in [5.41, 5.74) is 0. The highest BCUT2D eigenvalue weighted by atomic mass is 14.5. The van der Waals surface area contributed by atoms with Gasteiger partial charge in [0, 0.05) is 0 Å². The van der Waals surface area contributed by atoms with E-state index in [0.717, 1.165) is 35.5 Å². The van der Waals surface area contributed by atoms with Crippen molar-refractivity contribution in [3.8, 4) is 0 Å². The van der Waals surface area contributed by atoms with Gasteiger partial charge >= 0.3 is 0 Å². The molecular formula is C14H26. The maximum atomic E-state index is 2.51. The Balaban J connectivity index is 1.70. The van der Waals surface area contributed by atoms with Gasteiger partial charge in [0.15, 0.2) is 0 Å². The molecule has 0 heterocycles. The Labute approximate surface area is 89.5 Å². The SMILES string of the molecule is CCC(C)CC1CC1C(C)C1CC1C. The Bertz CT molecular complexity index is 196. The Morgan fingerprint density at radius 1 is 1.14 bits per heavy atom. The zero-order chi connectivity index (χ0) is 10.3. The maximum Gasteiger partial charge on any atom is -0.0354 e. The van der Waals surface area contributed by atoms with Gasteiger partial charge in [-0.15, -0.1) is 0 Å². The summed E-state index contributed by atoms with van der Waals surface area (Å²) in [6.45, 7) is 9.68. The van der Waals surface area contributed by atoms with Crippen molar-refractivity contribution < 1.29 is 0 Å². The molecule has 0 bridgehead atoms. The summed E-state index contributed by atoms with van der Waals surface area (Å²) in [6.07, 6.45) is 5.95. The van der Waals surface area contributed by atoms with Crippen LogP contribution < -0.4 is 0 Å². The van der Waals surface area contributed by atoms with Crippen molar-refractivity contribution in [2.24, 2.45) is 35.5 Å². The highest BCUT2D eigenvalue weighted by molar-refractivity contribution is 4.98. The molecule has 82 valence electrons. The van der Waals surface area contributed by atoms with Crippen molar-refractivity contribution in [3.63, 3.8) is 0 Å². The summed E-state index contributed by atoms with van der Waals surface area (Å²) >= 11 is 0. The van der Waals surface area contributed by atoms with E-state index in [1.54, 1.807) is 6.42 Å². The van der Waals surface area contributed by atoms with Gasteiger partial charge in [-0.05, 0) is 54.8 Å². The van der Waals surface area contributed by atoms with Crippen molar-refractivity contribution >= 4 is 0 Å². The molecule has 6 unspecified atom stereocenters. The monoisotopic (exact) mass is 194 g/mol. The van der Waals surface area contributed by atoms with Crippen LogP contribution in [0.15, 0.2) is 0 Å². The molecule has 0 heteroatoms. The van der Waals surface area contributed by atoms with Crippen LogP contribution in [0.25, 0.3) is 0 Å². The molecule has 2 saturated carbocycles. The lowest BCUT2D eigenvalue weighted by molar-refractivity contribution is 0.374. The third-order valence-electron chi connectivity index (χ3n) is 4.90. The molecule has 6 atom stereocenters. The van der Waals surface area contributed by atoms with Crippen LogP contribution in [0.5, 0.6) is 0 Å². The third-order valence-corrected chi connectivity index (χ3v) is 4.90. The van der Waals surface area contributed by atoms with Gasteiger partial charge in [-0.2, -0.15) is 0 Å². The van der Waals surface area contributed by atoms with Gasteiger partial charge in [0.25, 0.3) is 0 Å². The summed E-state index contributed by atoms with van der Waals surface area (Å²) in [4.78, 5) is 0. The molecule has 0 radical (unpaired) electrons.